The molecule has 4 aliphatic carbocycles. The van der Waals surface area contributed by atoms with Gasteiger partial charge in [0.25, 0.3) is 0 Å². The summed E-state index contributed by atoms with van der Waals surface area (Å²) in [7, 11) is 0. The van der Waals surface area contributed by atoms with Crippen molar-refractivity contribution < 1.29 is 9.47 Å². The van der Waals surface area contributed by atoms with Gasteiger partial charge < -0.3 is 9.47 Å². The van der Waals surface area contributed by atoms with Gasteiger partial charge >= 0.3 is 0 Å². The molecular formula is C16H22O2. The van der Waals surface area contributed by atoms with E-state index in [2.05, 4.69) is 12.2 Å². The molecule has 1 heterocycles. The lowest BCUT2D eigenvalue weighted by atomic mass is 9.72. The lowest BCUT2D eigenvalue weighted by Gasteiger charge is -2.37. The molecule has 8 atom stereocenters. The van der Waals surface area contributed by atoms with E-state index in [1.807, 2.05) is 0 Å². The van der Waals surface area contributed by atoms with Crippen LogP contribution in [0.15, 0.2) is 12.2 Å². The molecule has 0 radical (unpaired) electrons. The third-order valence-electron chi connectivity index (χ3n) is 6.42. The molecule has 1 aliphatic heterocycles. The molecule has 0 aromatic heterocycles. The smallest absolute Gasteiger partial charge is 0.158 e. The van der Waals surface area contributed by atoms with Crippen LogP contribution in [0.25, 0.3) is 0 Å². The molecule has 0 N–H and O–H groups in total. The Morgan fingerprint density at radius 2 is 1.89 bits per heavy atom. The Balaban J connectivity index is 1.36. The highest BCUT2D eigenvalue weighted by Crippen LogP contribution is 2.65. The number of hydrogen-bond donors (Lipinski definition) is 0. The molecule has 8 unspecified atom stereocenters. The fraction of sp³-hybridized carbons (Fsp3) is 0.875. The van der Waals surface area contributed by atoms with Gasteiger partial charge in [0.15, 0.2) is 6.29 Å². The third kappa shape index (κ3) is 1.26. The molecule has 3 saturated carbocycles. The number of hydrogen-bond acceptors (Lipinski definition) is 2. The van der Waals surface area contributed by atoms with Gasteiger partial charge in [-0.25, -0.2) is 0 Å². The van der Waals surface area contributed by atoms with Gasteiger partial charge in [-0.2, -0.15) is 0 Å². The Bertz CT molecular complexity index is 385. The number of fused-ring (bicyclic) bond motifs is 9. The zero-order valence-corrected chi connectivity index (χ0v) is 10.8. The first-order valence-corrected chi connectivity index (χ1v) is 7.85. The van der Waals surface area contributed by atoms with Crippen LogP contribution in [-0.4, -0.2) is 19.0 Å². The first-order chi connectivity index (χ1) is 8.90. The van der Waals surface area contributed by atoms with Gasteiger partial charge in [0.05, 0.1) is 6.10 Å². The van der Waals surface area contributed by atoms with E-state index in [-0.39, 0.29) is 6.29 Å². The van der Waals surface area contributed by atoms with Crippen molar-refractivity contribution in [1.29, 1.82) is 0 Å². The van der Waals surface area contributed by atoms with Crippen molar-refractivity contribution in [3.05, 3.63) is 12.2 Å². The van der Waals surface area contributed by atoms with Crippen LogP contribution in [0.3, 0.4) is 0 Å². The summed E-state index contributed by atoms with van der Waals surface area (Å²) >= 11 is 0. The minimum Gasteiger partial charge on any atom is -0.353 e. The maximum Gasteiger partial charge on any atom is 0.158 e. The monoisotopic (exact) mass is 246 g/mol. The number of ether oxygens (including phenoxy) is 2. The number of allylic oxidation sites excluding steroid dienone is 2. The van der Waals surface area contributed by atoms with E-state index in [9.17, 15) is 0 Å². The molecule has 2 nitrogen and oxygen atoms in total. The quantitative estimate of drug-likeness (QED) is 0.551. The molecule has 5 rings (SSSR count). The molecule has 98 valence electrons. The molecule has 18 heavy (non-hydrogen) atoms. The predicted molar refractivity (Wildman–Crippen MR) is 67.8 cm³/mol. The summed E-state index contributed by atoms with van der Waals surface area (Å²) in [5, 5.41) is 0. The van der Waals surface area contributed by atoms with E-state index in [0.717, 1.165) is 48.5 Å². The summed E-state index contributed by atoms with van der Waals surface area (Å²) in [6.45, 7) is 0.908. The second-order valence-electron chi connectivity index (χ2n) is 7.12. The molecule has 0 aromatic rings. The normalized spacial score (nSPS) is 59.8. The Kier molecular flexibility index (Phi) is 2.09. The molecule has 1 saturated heterocycles. The van der Waals surface area contributed by atoms with Crippen LogP contribution >= 0.6 is 0 Å². The van der Waals surface area contributed by atoms with E-state index < -0.39 is 0 Å². The molecule has 4 bridgehead atoms. The maximum atomic E-state index is 6.28. The highest BCUT2D eigenvalue weighted by molar-refractivity contribution is 5.21. The zero-order chi connectivity index (χ0) is 11.7. The lowest BCUT2D eigenvalue weighted by molar-refractivity contribution is -0.164. The minimum atomic E-state index is 0.127. The van der Waals surface area contributed by atoms with Crippen LogP contribution in [-0.2, 0) is 9.47 Å². The van der Waals surface area contributed by atoms with Crippen LogP contribution in [0.1, 0.15) is 32.1 Å². The SMILES string of the molecule is C1=CC2CC1C1C3CC(OC4CCCO4)C(C3)C21. The van der Waals surface area contributed by atoms with Gasteiger partial charge in [0.2, 0.25) is 0 Å². The first-order valence-electron chi connectivity index (χ1n) is 7.85. The van der Waals surface area contributed by atoms with Gasteiger partial charge in [-0.15, -0.1) is 0 Å². The van der Waals surface area contributed by atoms with Crippen LogP contribution in [0.2, 0.25) is 0 Å². The van der Waals surface area contributed by atoms with Crippen molar-refractivity contribution in [3.8, 4) is 0 Å². The largest absolute Gasteiger partial charge is 0.353 e. The molecule has 5 aliphatic rings. The maximum absolute atomic E-state index is 6.28. The van der Waals surface area contributed by atoms with Crippen molar-refractivity contribution in [3.63, 3.8) is 0 Å². The zero-order valence-electron chi connectivity index (χ0n) is 10.8. The van der Waals surface area contributed by atoms with Crippen LogP contribution in [0.4, 0.5) is 0 Å². The van der Waals surface area contributed by atoms with Crippen LogP contribution < -0.4 is 0 Å². The Morgan fingerprint density at radius 3 is 2.72 bits per heavy atom. The van der Waals surface area contributed by atoms with Gasteiger partial charge in [-0.3, -0.25) is 0 Å². The summed E-state index contributed by atoms with van der Waals surface area (Å²) in [6, 6.07) is 0. The highest BCUT2D eigenvalue weighted by atomic mass is 16.7. The molecule has 0 aromatic carbocycles. The second-order valence-corrected chi connectivity index (χ2v) is 7.12. The molecule has 0 amide bonds. The first kappa shape index (κ1) is 10.4. The predicted octanol–water partition coefficient (Wildman–Crippen LogP) is 2.99. The average molecular weight is 246 g/mol. The fourth-order valence-electron chi connectivity index (χ4n) is 5.96. The van der Waals surface area contributed by atoms with Crippen molar-refractivity contribution in [2.45, 2.75) is 44.5 Å². The van der Waals surface area contributed by atoms with Crippen molar-refractivity contribution in [2.75, 3.05) is 6.61 Å². The number of rotatable bonds is 2. The van der Waals surface area contributed by atoms with Gasteiger partial charge in [0.1, 0.15) is 0 Å². The van der Waals surface area contributed by atoms with Gasteiger partial charge in [-0.05, 0) is 61.2 Å². The molecule has 0 spiro atoms. The molecule has 4 fully saturated rings. The average Bonchev–Trinajstić information content (AvgIpc) is 3.16. The van der Waals surface area contributed by atoms with E-state index in [1.165, 1.54) is 25.7 Å². The standard InChI is InChI=1S/C16H22O2/c1-2-14(17-5-1)18-13-8-11-7-12(13)16-10-4-3-9(6-10)15(11)16/h3-4,9-16H,1-2,5-8H2. The minimum absolute atomic E-state index is 0.127. The van der Waals surface area contributed by atoms with Crippen molar-refractivity contribution in [2.24, 2.45) is 35.5 Å². The third-order valence-corrected chi connectivity index (χ3v) is 6.42. The van der Waals surface area contributed by atoms with E-state index in [0.29, 0.717) is 6.10 Å². The van der Waals surface area contributed by atoms with E-state index >= 15 is 0 Å². The summed E-state index contributed by atoms with van der Waals surface area (Å²) in [5.74, 6) is 5.62. The van der Waals surface area contributed by atoms with E-state index in [1.54, 1.807) is 0 Å². The van der Waals surface area contributed by atoms with Crippen LogP contribution in [0, 0.1) is 35.5 Å². The van der Waals surface area contributed by atoms with Gasteiger partial charge in [0, 0.05) is 13.0 Å². The van der Waals surface area contributed by atoms with Crippen LogP contribution in [0.5, 0.6) is 0 Å². The Hall–Kier alpha value is -0.340. The second kappa shape index (κ2) is 3.61. The Morgan fingerprint density at radius 1 is 1.00 bits per heavy atom. The molecule has 2 heteroatoms. The summed E-state index contributed by atoms with van der Waals surface area (Å²) < 4.78 is 11.9. The highest BCUT2D eigenvalue weighted by Gasteiger charge is 2.61. The Labute approximate surface area is 109 Å². The topological polar surface area (TPSA) is 18.5 Å². The lowest BCUT2D eigenvalue weighted by Crippen LogP contribution is -2.37. The summed E-state index contributed by atoms with van der Waals surface area (Å²) in [5.41, 5.74) is 0. The summed E-state index contributed by atoms with van der Waals surface area (Å²) in [6.07, 6.45) is 12.2. The summed E-state index contributed by atoms with van der Waals surface area (Å²) in [4.78, 5) is 0. The van der Waals surface area contributed by atoms with Gasteiger partial charge in [-0.1, -0.05) is 12.2 Å². The van der Waals surface area contributed by atoms with Crippen molar-refractivity contribution >= 4 is 0 Å². The van der Waals surface area contributed by atoms with Crippen molar-refractivity contribution in [1.82, 2.24) is 0 Å². The fourth-order valence-corrected chi connectivity index (χ4v) is 5.96. The molecular weight excluding hydrogens is 224 g/mol. The van der Waals surface area contributed by atoms with E-state index in [4.69, 9.17) is 9.47 Å².